The highest BCUT2D eigenvalue weighted by Crippen LogP contribution is 2.40. The van der Waals surface area contributed by atoms with Gasteiger partial charge in [-0.05, 0) is 41.5 Å². The molecule has 1 fully saturated rings. The Labute approximate surface area is 232 Å². The van der Waals surface area contributed by atoms with Gasteiger partial charge in [-0.2, -0.15) is 0 Å². The lowest BCUT2D eigenvalue weighted by atomic mass is 10.1. The Hall–Kier alpha value is -4.28. The third kappa shape index (κ3) is 5.76. The number of imide groups is 2. The van der Waals surface area contributed by atoms with Crippen molar-refractivity contribution in [1.29, 1.82) is 0 Å². The van der Waals surface area contributed by atoms with Crippen molar-refractivity contribution < 1.29 is 37.7 Å². The zero-order valence-electron chi connectivity index (χ0n) is 20.8. The second-order valence-electron chi connectivity index (χ2n) is 8.07. The minimum atomic E-state index is -0.982. The Balaban J connectivity index is 1.68. The molecule has 9 nitrogen and oxygen atoms in total. The van der Waals surface area contributed by atoms with Crippen molar-refractivity contribution in [2.24, 2.45) is 0 Å². The fourth-order valence-electron chi connectivity index (χ4n) is 3.76. The highest BCUT2D eigenvalue weighted by molar-refractivity contribution is 6.40. The Kier molecular flexibility index (Phi) is 8.27. The first kappa shape index (κ1) is 27.7. The van der Waals surface area contributed by atoms with Crippen molar-refractivity contribution >= 4 is 52.8 Å². The van der Waals surface area contributed by atoms with Crippen LogP contribution in [0.15, 0.2) is 54.1 Å². The summed E-state index contributed by atoms with van der Waals surface area (Å²) < 4.78 is 34.8. The molecule has 3 aromatic carbocycles. The molecule has 1 saturated heterocycles. The molecule has 0 bridgehead atoms. The molecule has 202 valence electrons. The van der Waals surface area contributed by atoms with Gasteiger partial charge in [-0.15, -0.1) is 0 Å². The van der Waals surface area contributed by atoms with E-state index in [0.717, 1.165) is 4.90 Å². The van der Waals surface area contributed by atoms with Crippen molar-refractivity contribution in [3.63, 3.8) is 0 Å². The second kappa shape index (κ2) is 11.6. The number of benzene rings is 3. The number of methoxy groups -OCH3 is 3. The van der Waals surface area contributed by atoms with Gasteiger partial charge in [0.1, 0.15) is 29.5 Å². The van der Waals surface area contributed by atoms with Crippen molar-refractivity contribution in [3.8, 4) is 23.0 Å². The Bertz CT molecular complexity index is 1490. The molecule has 0 saturated carbocycles. The van der Waals surface area contributed by atoms with Crippen molar-refractivity contribution in [3.05, 3.63) is 81.1 Å². The van der Waals surface area contributed by atoms with Crippen LogP contribution in [0, 0.1) is 5.82 Å². The Morgan fingerprint density at radius 1 is 0.872 bits per heavy atom. The molecule has 1 aliphatic rings. The summed E-state index contributed by atoms with van der Waals surface area (Å²) in [6.07, 6.45) is 1.26. The Morgan fingerprint density at radius 3 is 2.18 bits per heavy atom. The van der Waals surface area contributed by atoms with E-state index in [0.29, 0.717) is 11.1 Å². The van der Waals surface area contributed by atoms with Crippen LogP contribution in [0.2, 0.25) is 10.0 Å². The molecule has 0 unspecified atom stereocenters. The molecule has 0 aliphatic carbocycles. The quantitative estimate of drug-likeness (QED) is 0.283. The monoisotopic (exact) mass is 574 g/mol. The molecule has 4 amide bonds. The number of nitrogens with one attached hydrogen (secondary N) is 1. The van der Waals surface area contributed by atoms with Gasteiger partial charge in [-0.25, -0.2) is 14.1 Å². The summed E-state index contributed by atoms with van der Waals surface area (Å²) in [4.78, 5) is 39.6. The van der Waals surface area contributed by atoms with Gasteiger partial charge < -0.3 is 18.9 Å². The van der Waals surface area contributed by atoms with Gasteiger partial charge in [0, 0.05) is 12.1 Å². The van der Waals surface area contributed by atoms with Crippen LogP contribution in [0.3, 0.4) is 0 Å². The average Bonchev–Trinajstić information content (AvgIpc) is 2.91. The zero-order chi connectivity index (χ0) is 28.3. The smallest absolute Gasteiger partial charge is 0.336 e. The fourth-order valence-corrected chi connectivity index (χ4v) is 4.27. The molecular formula is C27H21Cl2FN2O7. The maximum absolute atomic E-state index is 13.4. The highest BCUT2D eigenvalue weighted by atomic mass is 35.5. The third-order valence-electron chi connectivity index (χ3n) is 5.66. The number of urea groups is 1. The van der Waals surface area contributed by atoms with Crippen LogP contribution in [-0.4, -0.2) is 39.2 Å². The molecule has 3 aromatic rings. The lowest BCUT2D eigenvalue weighted by Gasteiger charge is -2.28. The minimum absolute atomic E-state index is 0.0137. The molecule has 0 spiro atoms. The topological polar surface area (TPSA) is 103 Å². The normalized spacial score (nSPS) is 14.4. The molecule has 0 atom stereocenters. The number of barbiturate groups is 1. The molecular weight excluding hydrogens is 554 g/mol. The standard InChI is InChI=1S/C27H21Cl2FN2O7/c1-36-21-12-20(22(37-2)11-18(21)28)32-26(34)17(25(33)31-27(32)35)8-15-9-19(29)24(23(10-15)38-3)39-13-14-4-6-16(30)7-5-14/h4-12H,13H2,1-3H3,(H,31,33,35)/b17-8+. The lowest BCUT2D eigenvalue weighted by molar-refractivity contribution is -0.122. The van der Waals surface area contributed by atoms with Crippen LogP contribution in [0.25, 0.3) is 6.08 Å². The van der Waals surface area contributed by atoms with Gasteiger partial charge in [0.05, 0.1) is 37.1 Å². The maximum Gasteiger partial charge on any atom is 0.336 e. The molecule has 0 aromatic heterocycles. The second-order valence-corrected chi connectivity index (χ2v) is 8.88. The SMILES string of the molecule is COc1cc(N2C(=O)NC(=O)/C(=C\c3cc(Cl)c(OCc4ccc(F)cc4)c(OC)c3)C2=O)c(OC)cc1Cl. The summed E-state index contributed by atoms with van der Waals surface area (Å²) in [6, 6.07) is 10.5. The summed E-state index contributed by atoms with van der Waals surface area (Å²) in [5.41, 5.74) is 0.673. The van der Waals surface area contributed by atoms with Gasteiger partial charge >= 0.3 is 6.03 Å². The van der Waals surface area contributed by atoms with E-state index in [1.807, 2.05) is 0 Å². The molecule has 39 heavy (non-hydrogen) atoms. The van der Waals surface area contributed by atoms with E-state index in [9.17, 15) is 18.8 Å². The number of hydrogen-bond donors (Lipinski definition) is 1. The van der Waals surface area contributed by atoms with Crippen LogP contribution in [0.5, 0.6) is 23.0 Å². The first-order chi connectivity index (χ1) is 18.7. The zero-order valence-corrected chi connectivity index (χ0v) is 22.4. The van der Waals surface area contributed by atoms with Gasteiger partial charge in [-0.3, -0.25) is 14.9 Å². The van der Waals surface area contributed by atoms with Crippen LogP contribution >= 0.6 is 23.2 Å². The summed E-state index contributed by atoms with van der Waals surface area (Å²) in [6.45, 7) is 0.0845. The summed E-state index contributed by atoms with van der Waals surface area (Å²) >= 11 is 12.6. The molecule has 1 heterocycles. The number of nitrogens with zero attached hydrogens (tertiary/aromatic N) is 1. The Morgan fingerprint density at radius 2 is 1.54 bits per heavy atom. The van der Waals surface area contributed by atoms with Gasteiger partial charge in [0.2, 0.25) is 0 Å². The number of amides is 4. The molecule has 0 radical (unpaired) electrons. The van der Waals surface area contributed by atoms with Crippen molar-refractivity contribution in [2.75, 3.05) is 26.2 Å². The largest absolute Gasteiger partial charge is 0.495 e. The van der Waals surface area contributed by atoms with E-state index >= 15 is 0 Å². The van der Waals surface area contributed by atoms with Crippen molar-refractivity contribution in [1.82, 2.24) is 5.32 Å². The van der Waals surface area contributed by atoms with E-state index in [4.69, 9.17) is 42.1 Å². The van der Waals surface area contributed by atoms with E-state index in [1.54, 1.807) is 12.1 Å². The number of halogens is 3. The molecule has 4 rings (SSSR count). The van der Waals surface area contributed by atoms with E-state index < -0.39 is 17.8 Å². The van der Waals surface area contributed by atoms with E-state index in [-0.39, 0.29) is 56.7 Å². The maximum atomic E-state index is 13.4. The number of carbonyl (C=O) groups excluding carboxylic acids is 3. The third-order valence-corrected chi connectivity index (χ3v) is 6.23. The summed E-state index contributed by atoms with van der Waals surface area (Å²) in [7, 11) is 4.10. The average molecular weight is 575 g/mol. The predicted molar refractivity (Wildman–Crippen MR) is 142 cm³/mol. The van der Waals surface area contributed by atoms with E-state index in [2.05, 4.69) is 5.32 Å². The summed E-state index contributed by atoms with van der Waals surface area (Å²) in [5.74, 6) is -1.49. The van der Waals surface area contributed by atoms with Gasteiger partial charge in [0.25, 0.3) is 11.8 Å². The van der Waals surface area contributed by atoms with Gasteiger partial charge in [-0.1, -0.05) is 35.3 Å². The molecule has 12 heteroatoms. The first-order valence-corrected chi connectivity index (χ1v) is 12.0. The summed E-state index contributed by atoms with van der Waals surface area (Å²) in [5, 5.41) is 2.46. The van der Waals surface area contributed by atoms with Gasteiger partial charge in [0.15, 0.2) is 11.5 Å². The highest BCUT2D eigenvalue weighted by Gasteiger charge is 2.38. The molecule has 1 N–H and O–H groups in total. The number of carbonyl (C=O) groups is 3. The molecule has 1 aliphatic heterocycles. The lowest BCUT2D eigenvalue weighted by Crippen LogP contribution is -2.54. The fraction of sp³-hybridized carbons (Fsp3) is 0.148. The van der Waals surface area contributed by atoms with Crippen LogP contribution in [0.1, 0.15) is 11.1 Å². The number of rotatable bonds is 8. The minimum Gasteiger partial charge on any atom is -0.495 e. The first-order valence-electron chi connectivity index (χ1n) is 11.2. The number of hydrogen-bond acceptors (Lipinski definition) is 7. The number of ether oxygens (including phenoxy) is 4. The van der Waals surface area contributed by atoms with Crippen LogP contribution < -0.4 is 29.2 Å². The van der Waals surface area contributed by atoms with Crippen LogP contribution in [-0.2, 0) is 16.2 Å². The predicted octanol–water partition coefficient (Wildman–Crippen LogP) is 5.40. The van der Waals surface area contributed by atoms with E-state index in [1.165, 1.54) is 63.8 Å². The van der Waals surface area contributed by atoms with Crippen LogP contribution in [0.4, 0.5) is 14.9 Å². The van der Waals surface area contributed by atoms with Crippen molar-refractivity contribution in [2.45, 2.75) is 6.61 Å². The number of anilines is 1.